The molecular weight excluding hydrogens is 387 g/mol. The van der Waals surface area contributed by atoms with Crippen molar-refractivity contribution in [2.75, 3.05) is 20.3 Å². The zero-order valence-electron chi connectivity index (χ0n) is 14.8. The summed E-state index contributed by atoms with van der Waals surface area (Å²) in [5.74, 6) is -0.822. The summed E-state index contributed by atoms with van der Waals surface area (Å²) in [6.07, 6.45) is -3.34. The molecule has 2 amide bonds. The van der Waals surface area contributed by atoms with E-state index in [1.54, 1.807) is 6.07 Å². The van der Waals surface area contributed by atoms with Gasteiger partial charge in [0, 0.05) is 20.2 Å². The molecule has 2 rings (SSSR count). The fourth-order valence-electron chi connectivity index (χ4n) is 2.83. The number of carbonyl (C=O) groups is 2. The number of nitrogens with two attached hydrogens (primary N) is 1. The number of hydrogen-bond acceptors (Lipinski definition) is 4. The fourth-order valence-corrected chi connectivity index (χ4v) is 2.83. The molecule has 1 aliphatic heterocycles. The first-order valence-electron chi connectivity index (χ1n) is 8.22. The molecule has 3 N–H and O–H groups in total. The molecular formula is C17H23ClF3N3O3. The minimum Gasteiger partial charge on any atom is -0.383 e. The Hall–Kier alpha value is -1.84. The van der Waals surface area contributed by atoms with Gasteiger partial charge in [-0.1, -0.05) is 12.1 Å². The highest BCUT2D eigenvalue weighted by molar-refractivity contribution is 5.90. The molecule has 1 aromatic carbocycles. The molecule has 6 nitrogen and oxygen atoms in total. The first kappa shape index (κ1) is 23.2. The molecule has 1 saturated heterocycles. The summed E-state index contributed by atoms with van der Waals surface area (Å²) >= 11 is 0. The molecule has 0 aromatic heterocycles. The molecule has 1 aromatic rings. The van der Waals surface area contributed by atoms with Gasteiger partial charge in [-0.15, -0.1) is 12.4 Å². The number of benzene rings is 1. The van der Waals surface area contributed by atoms with Gasteiger partial charge < -0.3 is 20.7 Å². The van der Waals surface area contributed by atoms with E-state index < -0.39 is 29.7 Å². The van der Waals surface area contributed by atoms with Crippen molar-refractivity contribution in [3.8, 4) is 0 Å². The molecule has 1 heterocycles. The van der Waals surface area contributed by atoms with Crippen LogP contribution in [0.25, 0.3) is 0 Å². The van der Waals surface area contributed by atoms with Crippen molar-refractivity contribution in [3.05, 3.63) is 35.4 Å². The molecule has 0 saturated carbocycles. The van der Waals surface area contributed by atoms with E-state index in [0.29, 0.717) is 24.9 Å². The number of carbonyl (C=O) groups excluding carboxylic acids is 2. The normalized spacial score (nSPS) is 18.6. The first-order valence-corrected chi connectivity index (χ1v) is 8.22. The Morgan fingerprint density at radius 2 is 2.15 bits per heavy atom. The van der Waals surface area contributed by atoms with Crippen LogP contribution in [0.15, 0.2) is 24.3 Å². The number of halogens is 4. The van der Waals surface area contributed by atoms with Gasteiger partial charge in [-0.05, 0) is 30.5 Å². The van der Waals surface area contributed by atoms with E-state index in [-0.39, 0.29) is 31.5 Å². The van der Waals surface area contributed by atoms with Crippen LogP contribution in [0.1, 0.15) is 24.0 Å². The molecule has 1 fully saturated rings. The lowest BCUT2D eigenvalue weighted by Gasteiger charge is -2.33. The SMILES string of the molecule is COCC(N)C(=O)NC1CCCN(Cc2cccc(C(F)(F)F)c2)C1=O.Cl. The first-order chi connectivity index (χ1) is 12.2. The predicted molar refractivity (Wildman–Crippen MR) is 95.1 cm³/mol. The zero-order valence-corrected chi connectivity index (χ0v) is 15.6. The third kappa shape index (κ3) is 6.37. The van der Waals surface area contributed by atoms with Crippen molar-refractivity contribution in [3.63, 3.8) is 0 Å². The summed E-state index contributed by atoms with van der Waals surface area (Å²) in [6, 6.07) is 3.26. The third-order valence-corrected chi connectivity index (χ3v) is 4.16. The second-order valence-corrected chi connectivity index (χ2v) is 6.22. The summed E-state index contributed by atoms with van der Waals surface area (Å²) in [6.45, 7) is 0.505. The van der Waals surface area contributed by atoms with E-state index in [1.165, 1.54) is 18.1 Å². The van der Waals surface area contributed by atoms with E-state index >= 15 is 0 Å². The Bertz CT molecular complexity index is 658. The second-order valence-electron chi connectivity index (χ2n) is 6.22. The van der Waals surface area contributed by atoms with Crippen LogP contribution in [-0.2, 0) is 27.0 Å². The van der Waals surface area contributed by atoms with Crippen molar-refractivity contribution < 1.29 is 27.5 Å². The summed E-state index contributed by atoms with van der Waals surface area (Å²) in [5, 5.41) is 2.59. The average molecular weight is 410 g/mol. The van der Waals surface area contributed by atoms with Gasteiger partial charge in [0.05, 0.1) is 12.2 Å². The Kier molecular flexibility index (Phi) is 8.52. The van der Waals surface area contributed by atoms with Gasteiger partial charge in [-0.3, -0.25) is 9.59 Å². The maximum absolute atomic E-state index is 12.8. The third-order valence-electron chi connectivity index (χ3n) is 4.16. The van der Waals surface area contributed by atoms with Gasteiger partial charge in [-0.25, -0.2) is 0 Å². The van der Waals surface area contributed by atoms with Crippen LogP contribution in [0.2, 0.25) is 0 Å². The molecule has 27 heavy (non-hydrogen) atoms. The number of nitrogens with zero attached hydrogens (tertiary/aromatic N) is 1. The van der Waals surface area contributed by atoms with Crippen LogP contribution in [0, 0.1) is 0 Å². The Morgan fingerprint density at radius 1 is 1.44 bits per heavy atom. The van der Waals surface area contributed by atoms with E-state index in [4.69, 9.17) is 10.5 Å². The van der Waals surface area contributed by atoms with Crippen LogP contribution >= 0.6 is 12.4 Å². The lowest BCUT2D eigenvalue weighted by atomic mass is 10.0. The van der Waals surface area contributed by atoms with Crippen molar-refractivity contribution in [2.24, 2.45) is 5.73 Å². The summed E-state index contributed by atoms with van der Waals surface area (Å²) in [7, 11) is 1.41. The summed E-state index contributed by atoms with van der Waals surface area (Å²) < 4.78 is 43.3. The largest absolute Gasteiger partial charge is 0.416 e. The number of methoxy groups -OCH3 is 1. The molecule has 10 heteroatoms. The molecule has 1 aliphatic rings. The fraction of sp³-hybridized carbons (Fsp3) is 0.529. The van der Waals surface area contributed by atoms with Crippen LogP contribution in [0.4, 0.5) is 13.2 Å². The molecule has 0 radical (unpaired) electrons. The average Bonchev–Trinajstić information content (AvgIpc) is 2.58. The van der Waals surface area contributed by atoms with E-state index in [0.717, 1.165) is 12.1 Å². The van der Waals surface area contributed by atoms with Crippen LogP contribution < -0.4 is 11.1 Å². The van der Waals surface area contributed by atoms with Gasteiger partial charge in [0.15, 0.2) is 0 Å². The number of alkyl halides is 3. The predicted octanol–water partition coefficient (Wildman–Crippen LogP) is 1.71. The highest BCUT2D eigenvalue weighted by Crippen LogP contribution is 2.30. The van der Waals surface area contributed by atoms with Gasteiger partial charge in [0.25, 0.3) is 0 Å². The van der Waals surface area contributed by atoms with Gasteiger partial charge in [0.1, 0.15) is 12.1 Å². The minimum atomic E-state index is -4.43. The van der Waals surface area contributed by atoms with Crippen molar-refractivity contribution in [2.45, 2.75) is 37.6 Å². The van der Waals surface area contributed by atoms with Crippen LogP contribution in [0.3, 0.4) is 0 Å². The van der Waals surface area contributed by atoms with Gasteiger partial charge >= 0.3 is 6.18 Å². The molecule has 2 unspecified atom stereocenters. The van der Waals surface area contributed by atoms with E-state index in [9.17, 15) is 22.8 Å². The van der Waals surface area contributed by atoms with Gasteiger partial charge in [-0.2, -0.15) is 13.2 Å². The number of rotatable bonds is 6. The smallest absolute Gasteiger partial charge is 0.383 e. The highest BCUT2D eigenvalue weighted by atomic mass is 35.5. The molecule has 2 atom stereocenters. The standard InChI is InChI=1S/C17H22F3N3O3.ClH/c1-26-10-13(21)15(24)22-14-6-3-7-23(16(14)25)9-11-4-2-5-12(8-11)17(18,19)20;/h2,4-5,8,13-14H,3,6-7,9-10,21H2,1H3,(H,22,24);1H. The monoisotopic (exact) mass is 409 g/mol. The highest BCUT2D eigenvalue weighted by Gasteiger charge is 2.33. The topological polar surface area (TPSA) is 84.7 Å². The van der Waals surface area contributed by atoms with E-state index in [2.05, 4.69) is 5.32 Å². The summed E-state index contributed by atoms with van der Waals surface area (Å²) in [4.78, 5) is 25.9. The number of ether oxygens (including phenoxy) is 1. The Balaban J connectivity index is 0.00000364. The quantitative estimate of drug-likeness (QED) is 0.749. The molecule has 0 aliphatic carbocycles. The maximum atomic E-state index is 12.8. The number of amides is 2. The van der Waals surface area contributed by atoms with Gasteiger partial charge in [0.2, 0.25) is 11.8 Å². The minimum absolute atomic E-state index is 0. The van der Waals surface area contributed by atoms with E-state index in [1.807, 2.05) is 0 Å². The van der Waals surface area contributed by atoms with Crippen LogP contribution in [0.5, 0.6) is 0 Å². The Labute approximate surface area is 161 Å². The molecule has 0 spiro atoms. The lowest BCUT2D eigenvalue weighted by molar-refractivity contribution is -0.140. The van der Waals surface area contributed by atoms with Crippen molar-refractivity contribution >= 4 is 24.2 Å². The van der Waals surface area contributed by atoms with Crippen LogP contribution in [-0.4, -0.2) is 49.1 Å². The molecule has 152 valence electrons. The number of likely N-dealkylation sites (tertiary alicyclic amines) is 1. The number of hydrogen-bond donors (Lipinski definition) is 2. The molecule has 0 bridgehead atoms. The zero-order chi connectivity index (χ0) is 19.3. The second kappa shape index (κ2) is 9.91. The summed E-state index contributed by atoms with van der Waals surface area (Å²) in [5.41, 5.74) is 5.27. The maximum Gasteiger partial charge on any atom is 0.416 e. The lowest BCUT2D eigenvalue weighted by Crippen LogP contribution is -2.55. The number of piperidine rings is 1. The Morgan fingerprint density at radius 3 is 2.78 bits per heavy atom. The van der Waals surface area contributed by atoms with Crippen molar-refractivity contribution in [1.29, 1.82) is 0 Å². The van der Waals surface area contributed by atoms with Crippen molar-refractivity contribution in [1.82, 2.24) is 10.2 Å². The number of nitrogens with one attached hydrogen (secondary N) is 1.